The monoisotopic (exact) mass is 500 g/mol. The van der Waals surface area contributed by atoms with E-state index < -0.39 is 0 Å². The van der Waals surface area contributed by atoms with Crippen LogP contribution >= 0.6 is 0 Å². The molecule has 0 saturated heterocycles. The standard InChI is InChI=1S/C33H28N2O3/c1-3-38-33(36)26-14-18-29(19-15-26)35-31(24-10-6-4-7-11-24)22-27(32(35)25-12-8-5-9-13-25)23-34-28-16-20-30(37-2)21-17-28/h4-23H,3H2,1-2H3. The summed E-state index contributed by atoms with van der Waals surface area (Å²) in [6.07, 6.45) is 1.90. The molecule has 0 spiro atoms. The number of methoxy groups -OCH3 is 1. The number of hydrogen-bond donors (Lipinski definition) is 0. The molecule has 38 heavy (non-hydrogen) atoms. The predicted molar refractivity (Wildman–Crippen MR) is 153 cm³/mol. The van der Waals surface area contributed by atoms with Gasteiger partial charge in [0.05, 0.1) is 36.4 Å². The van der Waals surface area contributed by atoms with Crippen LogP contribution in [0.15, 0.2) is 120 Å². The highest BCUT2D eigenvalue weighted by Crippen LogP contribution is 2.36. The van der Waals surface area contributed by atoms with E-state index in [2.05, 4.69) is 34.9 Å². The highest BCUT2D eigenvalue weighted by molar-refractivity contribution is 5.95. The van der Waals surface area contributed by atoms with Crippen molar-refractivity contribution in [2.75, 3.05) is 13.7 Å². The highest BCUT2D eigenvalue weighted by Gasteiger charge is 2.19. The molecule has 5 rings (SSSR count). The fraction of sp³-hybridized carbons (Fsp3) is 0.0909. The summed E-state index contributed by atoms with van der Waals surface area (Å²) in [6.45, 7) is 2.14. The van der Waals surface area contributed by atoms with E-state index in [1.54, 1.807) is 14.0 Å². The number of benzene rings is 4. The number of carbonyl (C=O) groups excluding carboxylic acids is 1. The molecule has 0 bridgehead atoms. The summed E-state index contributed by atoms with van der Waals surface area (Å²) in [7, 11) is 1.65. The molecular weight excluding hydrogens is 472 g/mol. The Labute approximate surface area is 222 Å². The summed E-state index contributed by atoms with van der Waals surface area (Å²) in [5.41, 5.74) is 7.41. The van der Waals surface area contributed by atoms with Crippen molar-refractivity contribution in [1.82, 2.24) is 4.57 Å². The summed E-state index contributed by atoms with van der Waals surface area (Å²) in [4.78, 5) is 17.1. The van der Waals surface area contributed by atoms with E-state index in [-0.39, 0.29) is 5.97 Å². The molecule has 0 atom stereocenters. The van der Waals surface area contributed by atoms with Gasteiger partial charge in [0.25, 0.3) is 0 Å². The molecule has 0 aliphatic carbocycles. The van der Waals surface area contributed by atoms with Gasteiger partial charge in [0, 0.05) is 17.5 Å². The lowest BCUT2D eigenvalue weighted by Crippen LogP contribution is -2.05. The molecule has 5 nitrogen and oxygen atoms in total. The first-order valence-corrected chi connectivity index (χ1v) is 12.5. The van der Waals surface area contributed by atoms with Crippen LogP contribution in [0.25, 0.3) is 28.2 Å². The average molecular weight is 501 g/mol. The molecule has 0 fully saturated rings. The number of carbonyl (C=O) groups is 1. The predicted octanol–water partition coefficient (Wildman–Crippen LogP) is 7.75. The molecule has 188 valence electrons. The van der Waals surface area contributed by atoms with Crippen LogP contribution in [0.3, 0.4) is 0 Å². The summed E-state index contributed by atoms with van der Waals surface area (Å²) in [5.74, 6) is 0.461. The van der Waals surface area contributed by atoms with Crippen LogP contribution < -0.4 is 4.74 Å². The highest BCUT2D eigenvalue weighted by atomic mass is 16.5. The maximum absolute atomic E-state index is 12.3. The third kappa shape index (κ3) is 5.27. The van der Waals surface area contributed by atoms with Crippen molar-refractivity contribution in [2.45, 2.75) is 6.92 Å². The van der Waals surface area contributed by atoms with Crippen LogP contribution in [0.1, 0.15) is 22.8 Å². The number of aromatic nitrogens is 1. The normalized spacial score (nSPS) is 11.0. The first-order valence-electron chi connectivity index (χ1n) is 12.5. The largest absolute Gasteiger partial charge is 0.497 e. The van der Waals surface area contributed by atoms with Crippen LogP contribution in [0, 0.1) is 0 Å². The number of rotatable bonds is 8. The molecule has 4 aromatic carbocycles. The van der Waals surface area contributed by atoms with Crippen molar-refractivity contribution in [3.63, 3.8) is 0 Å². The minimum absolute atomic E-state index is 0.328. The Kier molecular flexibility index (Phi) is 7.46. The van der Waals surface area contributed by atoms with Gasteiger partial charge in [0.1, 0.15) is 5.75 Å². The quantitative estimate of drug-likeness (QED) is 0.162. The van der Waals surface area contributed by atoms with E-state index in [1.165, 1.54) is 0 Å². The lowest BCUT2D eigenvalue weighted by atomic mass is 10.1. The molecule has 0 radical (unpaired) electrons. The van der Waals surface area contributed by atoms with Gasteiger partial charge < -0.3 is 14.0 Å². The van der Waals surface area contributed by atoms with Crippen molar-refractivity contribution in [2.24, 2.45) is 4.99 Å². The van der Waals surface area contributed by atoms with Crippen LogP contribution in [0.4, 0.5) is 5.69 Å². The van der Waals surface area contributed by atoms with Gasteiger partial charge in [-0.15, -0.1) is 0 Å². The van der Waals surface area contributed by atoms with Gasteiger partial charge in [-0.2, -0.15) is 0 Å². The number of aliphatic imine (C=N–C) groups is 1. The van der Waals surface area contributed by atoms with Crippen molar-refractivity contribution in [1.29, 1.82) is 0 Å². The lowest BCUT2D eigenvalue weighted by Gasteiger charge is -2.15. The van der Waals surface area contributed by atoms with Gasteiger partial charge in [-0.1, -0.05) is 60.7 Å². The van der Waals surface area contributed by atoms with Gasteiger partial charge in [0.2, 0.25) is 0 Å². The Hall–Kier alpha value is -4.90. The average Bonchev–Trinajstić information content (AvgIpc) is 3.37. The lowest BCUT2D eigenvalue weighted by molar-refractivity contribution is 0.0526. The SMILES string of the molecule is CCOC(=O)c1ccc(-n2c(-c3ccccc3)cc(C=Nc3ccc(OC)cc3)c2-c2ccccc2)cc1. The molecule has 1 aromatic heterocycles. The minimum Gasteiger partial charge on any atom is -0.497 e. The third-order valence-electron chi connectivity index (χ3n) is 6.21. The van der Waals surface area contributed by atoms with Crippen LogP contribution in [-0.2, 0) is 4.74 Å². The number of ether oxygens (including phenoxy) is 2. The number of esters is 1. The van der Waals surface area contributed by atoms with Crippen molar-refractivity contribution in [3.05, 3.63) is 126 Å². The summed E-state index contributed by atoms with van der Waals surface area (Å²) in [6, 6.07) is 37.9. The second kappa shape index (κ2) is 11.4. The van der Waals surface area contributed by atoms with Crippen LogP contribution in [-0.4, -0.2) is 30.5 Å². The fourth-order valence-electron chi connectivity index (χ4n) is 4.38. The smallest absolute Gasteiger partial charge is 0.338 e. The topological polar surface area (TPSA) is 52.8 Å². The Bertz CT molecular complexity index is 1540. The van der Waals surface area contributed by atoms with Gasteiger partial charge in [-0.25, -0.2) is 4.79 Å². The van der Waals surface area contributed by atoms with Gasteiger partial charge in [0.15, 0.2) is 0 Å². The van der Waals surface area contributed by atoms with E-state index in [0.29, 0.717) is 12.2 Å². The molecule has 0 saturated carbocycles. The third-order valence-corrected chi connectivity index (χ3v) is 6.21. The molecule has 0 aliphatic heterocycles. The maximum Gasteiger partial charge on any atom is 0.338 e. The Morgan fingerprint density at radius 3 is 2.05 bits per heavy atom. The van der Waals surface area contributed by atoms with E-state index in [0.717, 1.165) is 45.2 Å². The van der Waals surface area contributed by atoms with Crippen molar-refractivity contribution in [3.8, 4) is 34.0 Å². The maximum atomic E-state index is 12.3. The second-order valence-electron chi connectivity index (χ2n) is 8.62. The Morgan fingerprint density at radius 2 is 1.45 bits per heavy atom. The summed E-state index contributed by atoms with van der Waals surface area (Å²) >= 11 is 0. The zero-order valence-corrected chi connectivity index (χ0v) is 21.4. The fourth-order valence-corrected chi connectivity index (χ4v) is 4.38. The molecule has 0 amide bonds. The van der Waals surface area contributed by atoms with Crippen LogP contribution in [0.5, 0.6) is 5.75 Å². The molecule has 0 N–H and O–H groups in total. The molecule has 5 heteroatoms. The molecule has 0 unspecified atom stereocenters. The molecular formula is C33H28N2O3. The van der Waals surface area contributed by atoms with Crippen molar-refractivity contribution < 1.29 is 14.3 Å². The van der Waals surface area contributed by atoms with E-state index in [9.17, 15) is 4.79 Å². The van der Waals surface area contributed by atoms with Gasteiger partial charge in [-0.3, -0.25) is 4.99 Å². The zero-order chi connectivity index (χ0) is 26.3. The number of hydrogen-bond acceptors (Lipinski definition) is 4. The Balaban J connectivity index is 1.69. The van der Waals surface area contributed by atoms with Gasteiger partial charge >= 0.3 is 5.97 Å². The van der Waals surface area contributed by atoms with Crippen LogP contribution in [0.2, 0.25) is 0 Å². The minimum atomic E-state index is -0.328. The molecule has 1 heterocycles. The van der Waals surface area contributed by atoms with E-state index >= 15 is 0 Å². The molecule has 5 aromatic rings. The summed E-state index contributed by atoms with van der Waals surface area (Å²) < 4.78 is 12.7. The number of nitrogens with zero attached hydrogens (tertiary/aromatic N) is 2. The van der Waals surface area contributed by atoms with Crippen molar-refractivity contribution >= 4 is 17.9 Å². The Morgan fingerprint density at radius 1 is 0.816 bits per heavy atom. The summed E-state index contributed by atoms with van der Waals surface area (Å²) in [5, 5.41) is 0. The first kappa shape index (κ1) is 24.8. The zero-order valence-electron chi connectivity index (χ0n) is 21.4. The second-order valence-corrected chi connectivity index (χ2v) is 8.62. The van der Waals surface area contributed by atoms with E-state index in [1.807, 2.05) is 91.1 Å². The molecule has 0 aliphatic rings. The van der Waals surface area contributed by atoms with Gasteiger partial charge in [-0.05, 0) is 72.6 Å². The van der Waals surface area contributed by atoms with E-state index in [4.69, 9.17) is 14.5 Å². The first-order chi connectivity index (χ1) is 18.7.